The van der Waals surface area contributed by atoms with E-state index in [1.54, 1.807) is 6.92 Å². The maximum absolute atomic E-state index is 12.3. The van der Waals surface area contributed by atoms with Gasteiger partial charge in [-0.15, -0.1) is 0 Å². The second-order valence-corrected chi connectivity index (χ2v) is 7.13. The number of rotatable bonds is 5. The Labute approximate surface area is 154 Å². The molecule has 0 radical (unpaired) electrons. The van der Waals surface area contributed by atoms with Crippen LogP contribution in [0.2, 0.25) is 0 Å². The number of aromatic nitrogens is 2. The molecule has 26 heavy (non-hydrogen) atoms. The van der Waals surface area contributed by atoms with E-state index in [1.165, 1.54) is 11.3 Å². The van der Waals surface area contributed by atoms with Gasteiger partial charge >= 0.3 is 0 Å². The summed E-state index contributed by atoms with van der Waals surface area (Å²) in [6.07, 6.45) is 2.14. The van der Waals surface area contributed by atoms with Gasteiger partial charge in [-0.25, -0.2) is 4.98 Å². The molecule has 0 aliphatic rings. The van der Waals surface area contributed by atoms with Crippen LogP contribution in [0, 0.1) is 0 Å². The molecule has 4 aromatic rings. The Kier molecular flexibility index (Phi) is 4.26. The second-order valence-electron chi connectivity index (χ2n) is 6.09. The number of hydrogen-bond acceptors (Lipinski definition) is 4. The summed E-state index contributed by atoms with van der Waals surface area (Å²) >= 11 is 1.46. The molecular formula is C20H17N3O2S. The lowest BCUT2D eigenvalue weighted by molar-refractivity contribution is -0.116. The number of aryl methyl sites for hydroxylation is 1. The Hall–Kier alpha value is -2.99. The van der Waals surface area contributed by atoms with Crippen LogP contribution in [0.1, 0.15) is 23.7 Å². The number of amides is 1. The molecule has 2 aromatic heterocycles. The first-order valence-electron chi connectivity index (χ1n) is 8.36. The molecular weight excluding hydrogens is 346 g/mol. The molecule has 0 saturated heterocycles. The van der Waals surface area contributed by atoms with E-state index in [0.717, 1.165) is 21.1 Å². The van der Waals surface area contributed by atoms with E-state index in [9.17, 15) is 9.59 Å². The third-order valence-corrected chi connectivity index (χ3v) is 5.24. The predicted molar refractivity (Wildman–Crippen MR) is 105 cm³/mol. The van der Waals surface area contributed by atoms with Crippen molar-refractivity contribution in [3.05, 3.63) is 60.3 Å². The third kappa shape index (κ3) is 3.11. The molecule has 0 saturated carbocycles. The molecule has 6 heteroatoms. The van der Waals surface area contributed by atoms with Gasteiger partial charge in [-0.2, -0.15) is 0 Å². The number of nitrogens with one attached hydrogen (secondary N) is 1. The van der Waals surface area contributed by atoms with E-state index >= 15 is 0 Å². The number of thiazole rings is 1. The van der Waals surface area contributed by atoms with Gasteiger partial charge in [0.1, 0.15) is 0 Å². The van der Waals surface area contributed by atoms with Crippen molar-refractivity contribution in [2.75, 3.05) is 5.32 Å². The number of para-hydroxylation sites is 2. The molecule has 2 aromatic carbocycles. The molecule has 4 rings (SSSR count). The summed E-state index contributed by atoms with van der Waals surface area (Å²) in [6, 6.07) is 15.5. The predicted octanol–water partition coefficient (Wildman–Crippen LogP) is 4.48. The topological polar surface area (TPSA) is 64.0 Å². The van der Waals surface area contributed by atoms with E-state index in [4.69, 9.17) is 0 Å². The quantitative estimate of drug-likeness (QED) is 0.532. The third-order valence-electron chi connectivity index (χ3n) is 4.29. The van der Waals surface area contributed by atoms with Gasteiger partial charge in [-0.05, 0) is 25.1 Å². The summed E-state index contributed by atoms with van der Waals surface area (Å²) < 4.78 is 3.01. The molecule has 1 amide bonds. The van der Waals surface area contributed by atoms with Crippen molar-refractivity contribution in [3.8, 4) is 0 Å². The molecule has 0 aliphatic carbocycles. The zero-order chi connectivity index (χ0) is 18.1. The van der Waals surface area contributed by atoms with Gasteiger partial charge in [0.25, 0.3) is 0 Å². The Morgan fingerprint density at radius 3 is 2.69 bits per heavy atom. The fourth-order valence-corrected chi connectivity index (χ4v) is 3.92. The minimum absolute atomic E-state index is 0.0267. The summed E-state index contributed by atoms with van der Waals surface area (Å²) in [6.45, 7) is 2.07. The largest absolute Gasteiger partial charge is 0.346 e. The first kappa shape index (κ1) is 16.5. The number of carbonyl (C=O) groups excluding carboxylic acids is 2. The Bertz CT molecular complexity index is 1090. The van der Waals surface area contributed by atoms with Crippen LogP contribution in [0.5, 0.6) is 0 Å². The van der Waals surface area contributed by atoms with Crippen molar-refractivity contribution in [2.24, 2.45) is 0 Å². The number of ketones is 1. The van der Waals surface area contributed by atoms with Gasteiger partial charge in [0.05, 0.1) is 10.2 Å². The Balaban J connectivity index is 1.49. The molecule has 2 heterocycles. The summed E-state index contributed by atoms with van der Waals surface area (Å²) in [5, 5.41) is 4.40. The van der Waals surface area contributed by atoms with Crippen LogP contribution < -0.4 is 5.32 Å². The second kappa shape index (κ2) is 6.72. The van der Waals surface area contributed by atoms with Gasteiger partial charge in [0.15, 0.2) is 10.9 Å². The van der Waals surface area contributed by atoms with Gasteiger partial charge in [-0.1, -0.05) is 41.7 Å². The van der Waals surface area contributed by atoms with Gasteiger partial charge < -0.3 is 9.88 Å². The number of fused-ring (bicyclic) bond motifs is 2. The summed E-state index contributed by atoms with van der Waals surface area (Å²) in [4.78, 5) is 28.6. The molecule has 0 unspecified atom stereocenters. The lowest BCUT2D eigenvalue weighted by Gasteiger charge is -2.05. The molecule has 130 valence electrons. The molecule has 1 N–H and O–H groups in total. The number of anilines is 1. The molecule has 5 nitrogen and oxygen atoms in total. The van der Waals surface area contributed by atoms with Crippen molar-refractivity contribution in [1.82, 2.24) is 9.55 Å². The number of nitrogens with zero attached hydrogens (tertiary/aromatic N) is 2. The fourth-order valence-electron chi connectivity index (χ4n) is 3.04. The molecule has 0 spiro atoms. The van der Waals surface area contributed by atoms with Crippen molar-refractivity contribution >= 4 is 49.3 Å². The first-order chi connectivity index (χ1) is 12.6. The highest BCUT2D eigenvalue weighted by atomic mass is 32.1. The van der Waals surface area contributed by atoms with E-state index in [1.807, 2.05) is 59.3 Å². The van der Waals surface area contributed by atoms with E-state index in [2.05, 4.69) is 10.3 Å². The molecule has 0 atom stereocenters. The lowest BCUT2D eigenvalue weighted by Crippen LogP contribution is -2.14. The van der Waals surface area contributed by atoms with Gasteiger partial charge in [0, 0.05) is 35.6 Å². The Morgan fingerprint density at radius 1 is 1.12 bits per heavy atom. The van der Waals surface area contributed by atoms with E-state index in [-0.39, 0.29) is 11.7 Å². The SMILES string of the molecule is CC(=O)c1cn(CCC(=O)Nc2nc3ccccc3s2)c2ccccc12. The monoisotopic (exact) mass is 363 g/mol. The maximum Gasteiger partial charge on any atom is 0.227 e. The normalized spacial score (nSPS) is 11.1. The Morgan fingerprint density at radius 2 is 1.88 bits per heavy atom. The zero-order valence-electron chi connectivity index (χ0n) is 14.2. The van der Waals surface area contributed by atoms with Crippen LogP contribution in [0.3, 0.4) is 0 Å². The average molecular weight is 363 g/mol. The lowest BCUT2D eigenvalue weighted by atomic mass is 10.1. The minimum Gasteiger partial charge on any atom is -0.346 e. The van der Waals surface area contributed by atoms with Crippen LogP contribution in [0.25, 0.3) is 21.1 Å². The highest BCUT2D eigenvalue weighted by molar-refractivity contribution is 7.22. The van der Waals surface area contributed by atoms with Crippen LogP contribution in [-0.4, -0.2) is 21.2 Å². The van der Waals surface area contributed by atoms with E-state index < -0.39 is 0 Å². The summed E-state index contributed by atoms with van der Waals surface area (Å²) in [5.74, 6) is -0.0647. The number of hydrogen-bond donors (Lipinski definition) is 1. The van der Waals surface area contributed by atoms with Crippen molar-refractivity contribution in [2.45, 2.75) is 19.9 Å². The minimum atomic E-state index is -0.0915. The highest BCUT2D eigenvalue weighted by Gasteiger charge is 2.13. The maximum atomic E-state index is 12.3. The summed E-state index contributed by atoms with van der Waals surface area (Å²) in [7, 11) is 0. The summed E-state index contributed by atoms with van der Waals surface area (Å²) in [5.41, 5.74) is 2.54. The van der Waals surface area contributed by atoms with Crippen molar-refractivity contribution in [3.63, 3.8) is 0 Å². The number of benzene rings is 2. The number of Topliss-reactive ketones (excluding diaryl/α,β-unsaturated/α-hetero) is 1. The fraction of sp³-hybridized carbons (Fsp3) is 0.150. The van der Waals surface area contributed by atoms with Crippen LogP contribution in [0.4, 0.5) is 5.13 Å². The smallest absolute Gasteiger partial charge is 0.227 e. The standard InChI is InChI=1S/C20H17N3O2S/c1-13(24)15-12-23(17-8-4-2-6-14(15)17)11-10-19(25)22-20-21-16-7-3-5-9-18(16)26-20/h2-9,12H,10-11H2,1H3,(H,21,22,25). The number of carbonyl (C=O) groups is 2. The highest BCUT2D eigenvalue weighted by Crippen LogP contribution is 2.26. The molecule has 0 bridgehead atoms. The van der Waals surface area contributed by atoms with Crippen LogP contribution in [0.15, 0.2) is 54.7 Å². The van der Waals surface area contributed by atoms with Crippen LogP contribution >= 0.6 is 11.3 Å². The van der Waals surface area contributed by atoms with Gasteiger partial charge in [0.2, 0.25) is 5.91 Å². The molecule has 0 fully saturated rings. The average Bonchev–Trinajstić information content (AvgIpc) is 3.20. The zero-order valence-corrected chi connectivity index (χ0v) is 15.0. The van der Waals surface area contributed by atoms with Gasteiger partial charge in [-0.3, -0.25) is 9.59 Å². The van der Waals surface area contributed by atoms with Crippen molar-refractivity contribution < 1.29 is 9.59 Å². The van der Waals surface area contributed by atoms with E-state index in [0.29, 0.717) is 23.7 Å². The first-order valence-corrected chi connectivity index (χ1v) is 9.18. The van der Waals surface area contributed by atoms with Crippen LogP contribution in [-0.2, 0) is 11.3 Å². The molecule has 0 aliphatic heterocycles. The van der Waals surface area contributed by atoms with Crippen molar-refractivity contribution in [1.29, 1.82) is 0 Å².